The third-order valence-corrected chi connectivity index (χ3v) is 2.75. The summed E-state index contributed by atoms with van der Waals surface area (Å²) in [7, 11) is 0. The molecule has 6 heteroatoms. The molecule has 0 aliphatic carbocycles. The standard InChI is InChI=1S/C7H4BrFINO2/c8-3-1-6(11-7(12)13)5(10)2-4(3)9/h1-2,11H,(H,12,13). The molecule has 0 aliphatic heterocycles. The van der Waals surface area contributed by atoms with Gasteiger partial charge in [0, 0.05) is 3.57 Å². The summed E-state index contributed by atoms with van der Waals surface area (Å²) in [5, 5.41) is 10.6. The molecule has 2 N–H and O–H groups in total. The van der Waals surface area contributed by atoms with Crippen molar-refractivity contribution in [2.45, 2.75) is 0 Å². The van der Waals surface area contributed by atoms with Gasteiger partial charge in [-0.1, -0.05) is 0 Å². The van der Waals surface area contributed by atoms with Crippen LogP contribution in [0.25, 0.3) is 0 Å². The van der Waals surface area contributed by atoms with Crippen molar-refractivity contribution in [3.05, 3.63) is 26.0 Å². The van der Waals surface area contributed by atoms with E-state index in [9.17, 15) is 9.18 Å². The summed E-state index contributed by atoms with van der Waals surface area (Å²) < 4.78 is 13.6. The first kappa shape index (κ1) is 10.7. The summed E-state index contributed by atoms with van der Waals surface area (Å²) in [6.07, 6.45) is -1.17. The zero-order valence-electron chi connectivity index (χ0n) is 6.14. The zero-order chi connectivity index (χ0) is 10.0. The van der Waals surface area contributed by atoms with Gasteiger partial charge in [-0.15, -0.1) is 0 Å². The molecule has 1 aromatic carbocycles. The van der Waals surface area contributed by atoms with Crippen molar-refractivity contribution < 1.29 is 14.3 Å². The molecule has 0 heterocycles. The van der Waals surface area contributed by atoms with Crippen LogP contribution >= 0.6 is 38.5 Å². The molecule has 70 valence electrons. The predicted octanol–water partition coefficient (Wildman–Crippen LogP) is 3.28. The Morgan fingerprint density at radius 3 is 2.77 bits per heavy atom. The molecule has 0 fully saturated rings. The summed E-state index contributed by atoms with van der Waals surface area (Å²) in [4.78, 5) is 10.3. The van der Waals surface area contributed by atoms with Gasteiger partial charge in [-0.3, -0.25) is 5.32 Å². The number of halogens is 3. The second kappa shape index (κ2) is 4.23. The fourth-order valence-electron chi connectivity index (χ4n) is 0.734. The minimum Gasteiger partial charge on any atom is -0.465 e. The molecule has 0 aromatic heterocycles. The van der Waals surface area contributed by atoms with Crippen LogP contribution in [0.4, 0.5) is 14.9 Å². The third kappa shape index (κ3) is 2.80. The number of carbonyl (C=O) groups is 1. The number of carboxylic acid groups (broad SMARTS) is 1. The SMILES string of the molecule is O=C(O)Nc1cc(Br)c(F)cc1I. The lowest BCUT2D eigenvalue weighted by molar-refractivity contribution is 0.209. The first-order valence-electron chi connectivity index (χ1n) is 3.15. The smallest absolute Gasteiger partial charge is 0.409 e. The second-order valence-corrected chi connectivity index (χ2v) is 4.19. The fraction of sp³-hybridized carbons (Fsp3) is 0. The normalized spacial score (nSPS) is 9.77. The molecule has 0 aliphatic rings. The summed E-state index contributed by atoms with van der Waals surface area (Å²) in [5.41, 5.74) is 0.362. The Balaban J connectivity index is 3.08. The molecular formula is C7H4BrFINO2. The van der Waals surface area contributed by atoms with Gasteiger partial charge in [0.1, 0.15) is 5.82 Å². The number of anilines is 1. The van der Waals surface area contributed by atoms with Crippen LogP contribution < -0.4 is 5.32 Å². The van der Waals surface area contributed by atoms with Crippen LogP contribution in [0.2, 0.25) is 0 Å². The molecule has 0 unspecified atom stereocenters. The third-order valence-electron chi connectivity index (χ3n) is 1.25. The van der Waals surface area contributed by atoms with Crippen molar-refractivity contribution in [3.8, 4) is 0 Å². The Morgan fingerprint density at radius 1 is 1.62 bits per heavy atom. The van der Waals surface area contributed by atoms with Gasteiger partial charge < -0.3 is 5.11 Å². The van der Waals surface area contributed by atoms with E-state index < -0.39 is 11.9 Å². The summed E-state index contributed by atoms with van der Waals surface area (Å²) in [6.45, 7) is 0. The average Bonchev–Trinajstić information content (AvgIpc) is 1.99. The van der Waals surface area contributed by atoms with Crippen molar-refractivity contribution in [2.75, 3.05) is 5.32 Å². The Kier molecular flexibility index (Phi) is 3.48. The van der Waals surface area contributed by atoms with Crippen LogP contribution in [0.1, 0.15) is 0 Å². The maximum Gasteiger partial charge on any atom is 0.409 e. The van der Waals surface area contributed by atoms with E-state index in [1.807, 2.05) is 22.6 Å². The fourth-order valence-corrected chi connectivity index (χ4v) is 1.64. The molecule has 0 spiro atoms. The van der Waals surface area contributed by atoms with Gasteiger partial charge in [0.25, 0.3) is 0 Å². The van der Waals surface area contributed by atoms with E-state index in [1.165, 1.54) is 12.1 Å². The highest BCUT2D eigenvalue weighted by Gasteiger charge is 2.07. The molecule has 1 amide bonds. The number of amides is 1. The molecule has 0 atom stereocenters. The molecule has 0 radical (unpaired) electrons. The Morgan fingerprint density at radius 2 is 2.23 bits per heavy atom. The van der Waals surface area contributed by atoms with Crippen LogP contribution in [0.3, 0.4) is 0 Å². The molecular weight excluding hydrogens is 356 g/mol. The van der Waals surface area contributed by atoms with E-state index in [4.69, 9.17) is 5.11 Å². The Labute approximate surface area is 95.6 Å². The van der Waals surface area contributed by atoms with Crippen molar-refractivity contribution in [1.82, 2.24) is 0 Å². The van der Waals surface area contributed by atoms with Crippen LogP contribution in [-0.2, 0) is 0 Å². The van der Waals surface area contributed by atoms with Crippen LogP contribution in [0, 0.1) is 9.39 Å². The first-order valence-corrected chi connectivity index (χ1v) is 5.02. The average molecular weight is 360 g/mol. The summed E-state index contributed by atoms with van der Waals surface area (Å²) >= 11 is 4.81. The number of hydrogen-bond donors (Lipinski definition) is 2. The van der Waals surface area contributed by atoms with Gasteiger partial charge in [-0.05, 0) is 50.7 Å². The van der Waals surface area contributed by atoms with Crippen molar-refractivity contribution in [2.24, 2.45) is 0 Å². The highest BCUT2D eigenvalue weighted by Crippen LogP contribution is 2.25. The topological polar surface area (TPSA) is 49.3 Å². The number of rotatable bonds is 1. The van der Waals surface area contributed by atoms with Gasteiger partial charge in [-0.2, -0.15) is 0 Å². The predicted molar refractivity (Wildman–Crippen MR) is 58.5 cm³/mol. The van der Waals surface area contributed by atoms with Crippen molar-refractivity contribution in [3.63, 3.8) is 0 Å². The molecule has 0 saturated carbocycles. The Hall–Kier alpha value is -0.370. The number of hydrogen-bond acceptors (Lipinski definition) is 1. The van der Waals surface area contributed by atoms with Gasteiger partial charge in [-0.25, -0.2) is 9.18 Å². The van der Waals surface area contributed by atoms with Crippen molar-refractivity contribution in [1.29, 1.82) is 0 Å². The van der Waals surface area contributed by atoms with Gasteiger partial charge >= 0.3 is 6.09 Å². The first-order chi connectivity index (χ1) is 6.00. The van der Waals surface area contributed by atoms with Gasteiger partial charge in [0.05, 0.1) is 10.2 Å². The minimum atomic E-state index is -1.17. The number of nitrogens with one attached hydrogen (secondary N) is 1. The second-order valence-electron chi connectivity index (χ2n) is 2.18. The lowest BCUT2D eigenvalue weighted by Crippen LogP contribution is -2.08. The molecule has 1 aromatic rings. The maximum absolute atomic E-state index is 12.9. The van der Waals surface area contributed by atoms with E-state index in [-0.39, 0.29) is 4.47 Å². The zero-order valence-corrected chi connectivity index (χ0v) is 9.89. The molecule has 0 bridgehead atoms. The number of benzene rings is 1. The quantitative estimate of drug-likeness (QED) is 0.597. The minimum absolute atomic E-state index is 0.233. The highest BCUT2D eigenvalue weighted by molar-refractivity contribution is 14.1. The summed E-state index contributed by atoms with van der Waals surface area (Å²) in [6, 6.07) is 2.63. The van der Waals surface area contributed by atoms with Crippen LogP contribution in [0.5, 0.6) is 0 Å². The highest BCUT2D eigenvalue weighted by atomic mass is 127. The summed E-state index contributed by atoms with van der Waals surface area (Å²) in [5.74, 6) is -0.416. The van der Waals surface area contributed by atoms with Gasteiger partial charge in [0.15, 0.2) is 0 Å². The van der Waals surface area contributed by atoms with Gasteiger partial charge in [0.2, 0.25) is 0 Å². The lowest BCUT2D eigenvalue weighted by Gasteiger charge is -2.04. The maximum atomic E-state index is 12.9. The van der Waals surface area contributed by atoms with Crippen LogP contribution in [-0.4, -0.2) is 11.2 Å². The molecule has 1 rings (SSSR count). The van der Waals surface area contributed by atoms with E-state index in [0.717, 1.165) is 0 Å². The Bertz CT molecular complexity index is 359. The molecule has 13 heavy (non-hydrogen) atoms. The molecule has 0 saturated heterocycles. The van der Waals surface area contributed by atoms with E-state index in [0.29, 0.717) is 9.26 Å². The van der Waals surface area contributed by atoms with E-state index in [1.54, 1.807) is 0 Å². The molecule has 3 nitrogen and oxygen atoms in total. The van der Waals surface area contributed by atoms with E-state index in [2.05, 4.69) is 21.2 Å². The monoisotopic (exact) mass is 359 g/mol. The van der Waals surface area contributed by atoms with Crippen molar-refractivity contribution >= 4 is 50.3 Å². The van der Waals surface area contributed by atoms with E-state index >= 15 is 0 Å². The lowest BCUT2D eigenvalue weighted by atomic mass is 10.3. The van der Waals surface area contributed by atoms with Crippen LogP contribution in [0.15, 0.2) is 16.6 Å². The largest absolute Gasteiger partial charge is 0.465 e.